The number of hydrogen-bond acceptors (Lipinski definition) is 3. The van der Waals surface area contributed by atoms with Gasteiger partial charge in [0.25, 0.3) is 0 Å². The molecule has 1 aromatic carbocycles. The third-order valence-corrected chi connectivity index (χ3v) is 3.08. The summed E-state index contributed by atoms with van der Waals surface area (Å²) in [7, 11) is 0. The van der Waals surface area contributed by atoms with E-state index < -0.39 is 6.04 Å². The maximum absolute atomic E-state index is 9.13. The van der Waals surface area contributed by atoms with E-state index in [0.717, 1.165) is 11.4 Å². The van der Waals surface area contributed by atoms with E-state index in [1.165, 1.54) is 5.56 Å². The van der Waals surface area contributed by atoms with Gasteiger partial charge in [0, 0.05) is 5.69 Å². The Morgan fingerprint density at radius 3 is 2.50 bits per heavy atom. The molecular formula is C14H19N3O. The second kappa shape index (κ2) is 5.33. The van der Waals surface area contributed by atoms with Crippen LogP contribution in [0.2, 0.25) is 0 Å². The van der Waals surface area contributed by atoms with Crippen LogP contribution >= 0.6 is 0 Å². The molecule has 0 aliphatic rings. The molecule has 4 nitrogen and oxygen atoms in total. The highest BCUT2D eigenvalue weighted by molar-refractivity contribution is 5.37. The van der Waals surface area contributed by atoms with E-state index in [-0.39, 0.29) is 6.61 Å². The van der Waals surface area contributed by atoms with Crippen molar-refractivity contribution in [2.45, 2.75) is 25.8 Å². The van der Waals surface area contributed by atoms with Gasteiger partial charge in [-0.25, -0.2) is 4.98 Å². The number of aliphatic hydroxyl groups is 1. The van der Waals surface area contributed by atoms with Gasteiger partial charge in [0.15, 0.2) is 0 Å². The lowest BCUT2D eigenvalue weighted by Gasteiger charge is -2.13. The van der Waals surface area contributed by atoms with Crippen molar-refractivity contribution in [3.63, 3.8) is 0 Å². The highest BCUT2D eigenvalue weighted by Gasteiger charge is 2.11. The molecule has 1 aromatic heterocycles. The van der Waals surface area contributed by atoms with Gasteiger partial charge in [-0.1, -0.05) is 26.0 Å². The first-order valence-corrected chi connectivity index (χ1v) is 6.12. The predicted octanol–water partition coefficient (Wildman–Crippen LogP) is 1.99. The van der Waals surface area contributed by atoms with Gasteiger partial charge >= 0.3 is 0 Å². The summed E-state index contributed by atoms with van der Waals surface area (Å²) in [5.74, 6) is 0.515. The van der Waals surface area contributed by atoms with E-state index in [0.29, 0.717) is 5.92 Å². The Kier molecular flexibility index (Phi) is 3.79. The van der Waals surface area contributed by atoms with Gasteiger partial charge in [0.2, 0.25) is 0 Å². The largest absolute Gasteiger partial charge is 0.394 e. The monoisotopic (exact) mass is 245 g/mol. The fourth-order valence-electron chi connectivity index (χ4n) is 1.91. The standard InChI is InChI=1S/C14H19N3O/c1-10(2)11-3-5-12(6-4-11)17-9-16-7-14(17)13(15)8-18/h3-7,9-10,13,18H,8,15H2,1-2H3. The highest BCUT2D eigenvalue weighted by Crippen LogP contribution is 2.19. The zero-order valence-electron chi connectivity index (χ0n) is 10.7. The summed E-state index contributed by atoms with van der Waals surface area (Å²) in [5, 5.41) is 9.13. The molecule has 1 unspecified atom stereocenters. The van der Waals surface area contributed by atoms with Crippen LogP contribution < -0.4 is 5.73 Å². The Morgan fingerprint density at radius 2 is 1.94 bits per heavy atom. The van der Waals surface area contributed by atoms with Crippen LogP contribution in [0.15, 0.2) is 36.8 Å². The third-order valence-electron chi connectivity index (χ3n) is 3.08. The highest BCUT2D eigenvalue weighted by atomic mass is 16.3. The number of hydrogen-bond donors (Lipinski definition) is 2. The quantitative estimate of drug-likeness (QED) is 0.865. The average molecular weight is 245 g/mol. The van der Waals surface area contributed by atoms with E-state index in [4.69, 9.17) is 10.8 Å². The normalized spacial score (nSPS) is 12.9. The summed E-state index contributed by atoms with van der Waals surface area (Å²) in [6, 6.07) is 7.90. The van der Waals surface area contributed by atoms with Gasteiger partial charge in [0.05, 0.1) is 30.9 Å². The van der Waals surface area contributed by atoms with Crippen LogP contribution in [0.5, 0.6) is 0 Å². The SMILES string of the molecule is CC(C)c1ccc(-n2cncc2C(N)CO)cc1. The number of aromatic nitrogens is 2. The molecule has 0 fully saturated rings. The summed E-state index contributed by atoms with van der Waals surface area (Å²) >= 11 is 0. The zero-order valence-corrected chi connectivity index (χ0v) is 10.7. The van der Waals surface area contributed by atoms with Gasteiger partial charge in [-0.05, 0) is 23.6 Å². The Labute approximate surface area is 107 Å². The molecule has 0 amide bonds. The van der Waals surface area contributed by atoms with Gasteiger partial charge < -0.3 is 15.4 Å². The number of nitrogens with two attached hydrogens (primary N) is 1. The second-order valence-corrected chi connectivity index (χ2v) is 4.72. The summed E-state index contributed by atoms with van der Waals surface area (Å²) < 4.78 is 1.91. The van der Waals surface area contributed by atoms with Crippen molar-refractivity contribution < 1.29 is 5.11 Å². The smallest absolute Gasteiger partial charge is 0.0994 e. The average Bonchev–Trinajstić information content (AvgIpc) is 2.87. The first-order chi connectivity index (χ1) is 8.63. The summed E-state index contributed by atoms with van der Waals surface area (Å²) in [6.45, 7) is 4.24. The van der Waals surface area contributed by atoms with Crippen molar-refractivity contribution in [2.24, 2.45) is 5.73 Å². The topological polar surface area (TPSA) is 64.1 Å². The molecule has 0 aliphatic carbocycles. The molecule has 0 aliphatic heterocycles. The summed E-state index contributed by atoms with van der Waals surface area (Å²) in [5.41, 5.74) is 8.97. The number of nitrogens with zero attached hydrogens (tertiary/aromatic N) is 2. The van der Waals surface area contributed by atoms with Crippen molar-refractivity contribution in [1.29, 1.82) is 0 Å². The molecule has 0 spiro atoms. The summed E-state index contributed by atoms with van der Waals surface area (Å²) in [6.07, 6.45) is 3.41. The van der Waals surface area contributed by atoms with E-state index in [2.05, 4.69) is 31.0 Å². The Bertz CT molecular complexity index is 502. The van der Waals surface area contributed by atoms with Crippen LogP contribution in [0.3, 0.4) is 0 Å². The van der Waals surface area contributed by atoms with Crippen molar-refractivity contribution in [3.8, 4) is 5.69 Å². The number of aliphatic hydroxyl groups excluding tert-OH is 1. The molecule has 4 heteroatoms. The van der Waals surface area contributed by atoms with Crippen LogP contribution in [0.4, 0.5) is 0 Å². The van der Waals surface area contributed by atoms with E-state index in [1.54, 1.807) is 12.5 Å². The Hall–Kier alpha value is -1.65. The number of benzene rings is 1. The van der Waals surface area contributed by atoms with Crippen LogP contribution in [-0.2, 0) is 0 Å². The number of rotatable bonds is 4. The molecule has 96 valence electrons. The lowest BCUT2D eigenvalue weighted by atomic mass is 10.0. The molecule has 2 rings (SSSR count). The van der Waals surface area contributed by atoms with Crippen LogP contribution in [0.1, 0.15) is 37.1 Å². The van der Waals surface area contributed by atoms with Crippen LogP contribution in [0, 0.1) is 0 Å². The third kappa shape index (κ3) is 2.44. The van der Waals surface area contributed by atoms with Crippen molar-refractivity contribution >= 4 is 0 Å². The molecule has 0 radical (unpaired) electrons. The van der Waals surface area contributed by atoms with Gasteiger partial charge in [0.1, 0.15) is 0 Å². The van der Waals surface area contributed by atoms with Crippen molar-refractivity contribution in [1.82, 2.24) is 9.55 Å². The van der Waals surface area contributed by atoms with Crippen LogP contribution in [-0.4, -0.2) is 21.3 Å². The molecule has 1 atom stereocenters. The van der Waals surface area contributed by atoms with E-state index in [1.807, 2.05) is 16.7 Å². The Morgan fingerprint density at radius 1 is 1.28 bits per heavy atom. The Balaban J connectivity index is 2.34. The van der Waals surface area contributed by atoms with Crippen molar-refractivity contribution in [2.75, 3.05) is 6.61 Å². The van der Waals surface area contributed by atoms with Gasteiger partial charge in [-0.3, -0.25) is 0 Å². The first kappa shape index (κ1) is 12.8. The maximum atomic E-state index is 9.13. The molecule has 0 saturated carbocycles. The lowest BCUT2D eigenvalue weighted by Crippen LogP contribution is -2.18. The molecule has 18 heavy (non-hydrogen) atoms. The minimum Gasteiger partial charge on any atom is -0.394 e. The van der Waals surface area contributed by atoms with Crippen LogP contribution in [0.25, 0.3) is 5.69 Å². The summed E-state index contributed by atoms with van der Waals surface area (Å²) in [4.78, 5) is 4.10. The lowest BCUT2D eigenvalue weighted by molar-refractivity contribution is 0.265. The molecule has 0 bridgehead atoms. The molecule has 2 aromatic rings. The second-order valence-electron chi connectivity index (χ2n) is 4.72. The van der Waals surface area contributed by atoms with Gasteiger partial charge in [-0.2, -0.15) is 0 Å². The minimum atomic E-state index is -0.405. The van der Waals surface area contributed by atoms with E-state index >= 15 is 0 Å². The van der Waals surface area contributed by atoms with Gasteiger partial charge in [-0.15, -0.1) is 0 Å². The molecule has 1 heterocycles. The fourth-order valence-corrected chi connectivity index (χ4v) is 1.91. The molecule has 0 saturated heterocycles. The first-order valence-electron chi connectivity index (χ1n) is 6.12. The molecule has 3 N–H and O–H groups in total. The minimum absolute atomic E-state index is 0.0875. The van der Waals surface area contributed by atoms with Crippen molar-refractivity contribution in [3.05, 3.63) is 48.0 Å². The predicted molar refractivity (Wildman–Crippen MR) is 71.7 cm³/mol. The zero-order chi connectivity index (χ0) is 13.1. The fraction of sp³-hybridized carbons (Fsp3) is 0.357. The van der Waals surface area contributed by atoms with E-state index in [9.17, 15) is 0 Å². The number of imidazole rings is 1. The molecular weight excluding hydrogens is 226 g/mol. The maximum Gasteiger partial charge on any atom is 0.0994 e.